The highest BCUT2D eigenvalue weighted by molar-refractivity contribution is 5.85. The van der Waals surface area contributed by atoms with Gasteiger partial charge in [0, 0.05) is 36.8 Å². The number of likely N-dealkylation sites (tertiary alicyclic amines) is 1. The predicted octanol–water partition coefficient (Wildman–Crippen LogP) is 3.03. The molecular weight excluding hydrogens is 356 g/mol. The highest BCUT2D eigenvalue weighted by atomic mass is 16.5. The molecule has 1 aromatic heterocycles. The van der Waals surface area contributed by atoms with Crippen molar-refractivity contribution in [2.45, 2.75) is 45.1 Å². The first-order chi connectivity index (χ1) is 13.3. The van der Waals surface area contributed by atoms with Crippen molar-refractivity contribution in [2.24, 2.45) is 5.73 Å². The lowest BCUT2D eigenvalue weighted by atomic mass is 9.94. The standard InChI is InChI=1S/C21H28N4O3/c1-14-11-18(28-17-9-5-8-16(12-17)27-4)24-19(23-14)15-7-6-10-25(13-15)20(26)21(2,3)22/h5,8-9,11-12,15H,6-7,10,13,22H2,1-4H3/t15-/m1/s1. The Morgan fingerprint density at radius 3 is 2.71 bits per heavy atom. The molecule has 0 radical (unpaired) electrons. The molecule has 0 aliphatic carbocycles. The lowest BCUT2D eigenvalue weighted by Crippen LogP contribution is -2.53. The van der Waals surface area contributed by atoms with Crippen LogP contribution in [0.5, 0.6) is 17.4 Å². The van der Waals surface area contributed by atoms with E-state index in [1.807, 2.05) is 36.1 Å². The molecule has 0 bridgehead atoms. The Balaban J connectivity index is 1.79. The lowest BCUT2D eigenvalue weighted by Gasteiger charge is -2.35. The molecule has 1 aromatic carbocycles. The zero-order chi connectivity index (χ0) is 20.3. The zero-order valence-corrected chi connectivity index (χ0v) is 16.9. The van der Waals surface area contributed by atoms with E-state index in [-0.39, 0.29) is 11.8 Å². The maximum atomic E-state index is 12.6. The van der Waals surface area contributed by atoms with Crippen molar-refractivity contribution < 1.29 is 14.3 Å². The summed E-state index contributed by atoms with van der Waals surface area (Å²) in [4.78, 5) is 23.6. The summed E-state index contributed by atoms with van der Waals surface area (Å²) in [7, 11) is 1.62. The van der Waals surface area contributed by atoms with E-state index in [4.69, 9.17) is 15.2 Å². The van der Waals surface area contributed by atoms with E-state index in [1.54, 1.807) is 27.0 Å². The van der Waals surface area contributed by atoms with Crippen molar-refractivity contribution in [3.05, 3.63) is 41.9 Å². The van der Waals surface area contributed by atoms with Gasteiger partial charge in [-0.1, -0.05) is 6.07 Å². The second-order valence-electron chi connectivity index (χ2n) is 7.80. The topological polar surface area (TPSA) is 90.6 Å². The minimum Gasteiger partial charge on any atom is -0.497 e. The van der Waals surface area contributed by atoms with Gasteiger partial charge in [0.25, 0.3) is 0 Å². The minimum absolute atomic E-state index is 0.0438. The van der Waals surface area contributed by atoms with E-state index in [9.17, 15) is 4.79 Å². The van der Waals surface area contributed by atoms with E-state index >= 15 is 0 Å². The molecule has 2 heterocycles. The van der Waals surface area contributed by atoms with Crippen LogP contribution in [0.1, 0.15) is 44.1 Å². The van der Waals surface area contributed by atoms with Crippen LogP contribution in [0.15, 0.2) is 30.3 Å². The third-order valence-corrected chi connectivity index (χ3v) is 4.74. The van der Waals surface area contributed by atoms with Crippen LogP contribution in [0.3, 0.4) is 0 Å². The molecule has 150 valence electrons. The second kappa shape index (κ2) is 8.14. The number of nitrogens with two attached hydrogens (primary N) is 1. The molecule has 1 amide bonds. The minimum atomic E-state index is -0.879. The summed E-state index contributed by atoms with van der Waals surface area (Å²) in [5.41, 5.74) is 5.94. The number of aryl methyl sites for hydroxylation is 1. The molecule has 1 atom stereocenters. The summed E-state index contributed by atoms with van der Waals surface area (Å²) in [6.45, 7) is 6.68. The quantitative estimate of drug-likeness (QED) is 0.852. The van der Waals surface area contributed by atoms with Gasteiger partial charge in [0.1, 0.15) is 17.3 Å². The number of carbonyl (C=O) groups excluding carboxylic acids is 1. The summed E-state index contributed by atoms with van der Waals surface area (Å²) in [5.74, 6) is 2.57. The van der Waals surface area contributed by atoms with Gasteiger partial charge >= 0.3 is 0 Å². The fourth-order valence-electron chi connectivity index (χ4n) is 3.36. The maximum absolute atomic E-state index is 12.6. The van der Waals surface area contributed by atoms with Gasteiger partial charge in [-0.25, -0.2) is 4.98 Å². The highest BCUT2D eigenvalue weighted by Gasteiger charge is 2.33. The largest absolute Gasteiger partial charge is 0.497 e. The fourth-order valence-corrected chi connectivity index (χ4v) is 3.36. The number of nitrogens with zero attached hydrogens (tertiary/aromatic N) is 3. The van der Waals surface area contributed by atoms with Gasteiger partial charge in [-0.3, -0.25) is 4.79 Å². The molecule has 1 aliphatic rings. The highest BCUT2D eigenvalue weighted by Crippen LogP contribution is 2.29. The van der Waals surface area contributed by atoms with Gasteiger partial charge in [0.05, 0.1) is 12.6 Å². The summed E-state index contributed by atoms with van der Waals surface area (Å²) in [6.07, 6.45) is 1.83. The van der Waals surface area contributed by atoms with Crippen LogP contribution in [0.25, 0.3) is 0 Å². The molecule has 3 rings (SSSR count). The number of methoxy groups -OCH3 is 1. The third-order valence-electron chi connectivity index (χ3n) is 4.74. The van der Waals surface area contributed by atoms with Crippen molar-refractivity contribution in [3.63, 3.8) is 0 Å². The van der Waals surface area contributed by atoms with Gasteiger partial charge in [0.2, 0.25) is 11.8 Å². The van der Waals surface area contributed by atoms with Gasteiger partial charge in [-0.2, -0.15) is 4.98 Å². The predicted molar refractivity (Wildman–Crippen MR) is 107 cm³/mol. The molecule has 0 spiro atoms. The number of piperidine rings is 1. The summed E-state index contributed by atoms with van der Waals surface area (Å²) in [6, 6.07) is 9.18. The van der Waals surface area contributed by atoms with Gasteiger partial charge in [0.15, 0.2) is 0 Å². The number of benzene rings is 1. The molecule has 0 saturated carbocycles. The molecule has 7 heteroatoms. The summed E-state index contributed by atoms with van der Waals surface area (Å²) < 4.78 is 11.2. The Kier molecular flexibility index (Phi) is 5.84. The number of carbonyl (C=O) groups is 1. The Bertz CT molecular complexity index is 848. The number of hydrogen-bond donors (Lipinski definition) is 1. The molecule has 28 heavy (non-hydrogen) atoms. The van der Waals surface area contributed by atoms with Gasteiger partial charge in [-0.15, -0.1) is 0 Å². The SMILES string of the molecule is COc1cccc(Oc2cc(C)nc([C@@H]3CCCN(C(=O)C(C)(C)N)C3)n2)c1. The number of aromatic nitrogens is 2. The molecule has 1 saturated heterocycles. The normalized spacial score (nSPS) is 17.3. The average molecular weight is 384 g/mol. The molecule has 7 nitrogen and oxygen atoms in total. The molecule has 0 unspecified atom stereocenters. The van der Waals surface area contributed by atoms with Crippen molar-refractivity contribution in [2.75, 3.05) is 20.2 Å². The van der Waals surface area contributed by atoms with Crippen molar-refractivity contribution >= 4 is 5.91 Å². The Morgan fingerprint density at radius 1 is 1.25 bits per heavy atom. The third kappa shape index (κ3) is 4.78. The summed E-state index contributed by atoms with van der Waals surface area (Å²) >= 11 is 0. The number of rotatable bonds is 5. The van der Waals surface area contributed by atoms with Crippen molar-refractivity contribution in [1.82, 2.24) is 14.9 Å². The first-order valence-corrected chi connectivity index (χ1v) is 9.52. The van der Waals surface area contributed by atoms with E-state index in [1.165, 1.54) is 0 Å². The average Bonchev–Trinajstić information content (AvgIpc) is 2.66. The Labute approximate surface area is 165 Å². The lowest BCUT2D eigenvalue weighted by molar-refractivity contribution is -0.137. The van der Waals surface area contributed by atoms with Crippen LogP contribution in [-0.4, -0.2) is 46.5 Å². The second-order valence-corrected chi connectivity index (χ2v) is 7.80. The number of hydrogen-bond acceptors (Lipinski definition) is 6. The summed E-state index contributed by atoms with van der Waals surface area (Å²) in [5, 5.41) is 0. The van der Waals surface area contributed by atoms with Crippen molar-refractivity contribution in [1.29, 1.82) is 0 Å². The van der Waals surface area contributed by atoms with E-state index in [0.29, 0.717) is 29.7 Å². The monoisotopic (exact) mass is 384 g/mol. The van der Waals surface area contributed by atoms with Crippen LogP contribution >= 0.6 is 0 Å². The molecule has 1 fully saturated rings. The van der Waals surface area contributed by atoms with Gasteiger partial charge in [-0.05, 0) is 45.7 Å². The van der Waals surface area contributed by atoms with Crippen LogP contribution < -0.4 is 15.2 Å². The van der Waals surface area contributed by atoms with Crippen LogP contribution in [0.4, 0.5) is 0 Å². The molecule has 2 aromatic rings. The first-order valence-electron chi connectivity index (χ1n) is 9.52. The maximum Gasteiger partial charge on any atom is 0.242 e. The Morgan fingerprint density at radius 2 is 2.00 bits per heavy atom. The van der Waals surface area contributed by atoms with Crippen LogP contribution in [0, 0.1) is 6.92 Å². The fraction of sp³-hybridized carbons (Fsp3) is 0.476. The van der Waals surface area contributed by atoms with Crippen LogP contribution in [-0.2, 0) is 4.79 Å². The first kappa shape index (κ1) is 20.1. The van der Waals surface area contributed by atoms with Crippen molar-refractivity contribution in [3.8, 4) is 17.4 Å². The molecule has 1 aliphatic heterocycles. The van der Waals surface area contributed by atoms with E-state index in [0.717, 1.165) is 25.1 Å². The number of amides is 1. The van der Waals surface area contributed by atoms with Gasteiger partial charge < -0.3 is 20.1 Å². The molecule has 2 N–H and O–H groups in total. The Hall–Kier alpha value is -2.67. The number of ether oxygens (including phenoxy) is 2. The van der Waals surface area contributed by atoms with E-state index < -0.39 is 5.54 Å². The van der Waals surface area contributed by atoms with Crippen LogP contribution in [0.2, 0.25) is 0 Å². The van der Waals surface area contributed by atoms with E-state index in [2.05, 4.69) is 9.97 Å². The smallest absolute Gasteiger partial charge is 0.242 e. The molecular formula is C21H28N4O3. The zero-order valence-electron chi connectivity index (χ0n) is 16.9.